The molecule has 47 heavy (non-hydrogen) atoms. The van der Waals surface area contributed by atoms with Crippen LogP contribution in [-0.4, -0.2) is 53.6 Å². The van der Waals surface area contributed by atoms with E-state index >= 15 is 8.78 Å². The normalized spacial score (nSPS) is 15.7. The quantitative estimate of drug-likeness (QED) is 0.193. The lowest BCUT2D eigenvalue weighted by atomic mass is 9.87. The zero-order valence-corrected chi connectivity index (χ0v) is 25.6. The molecule has 0 unspecified atom stereocenters. The van der Waals surface area contributed by atoms with Gasteiger partial charge in [0.05, 0.1) is 47.2 Å². The molecule has 3 aromatic heterocycles. The summed E-state index contributed by atoms with van der Waals surface area (Å²) in [6.45, 7) is 5.22. The lowest BCUT2D eigenvalue weighted by Gasteiger charge is -2.28. The second-order valence-corrected chi connectivity index (χ2v) is 12.2. The average molecular weight is 637 g/mol. The molecule has 1 aliphatic heterocycles. The Hall–Kier alpha value is -5.49. The monoisotopic (exact) mass is 636 g/mol. The van der Waals surface area contributed by atoms with Gasteiger partial charge in [-0.3, -0.25) is 0 Å². The highest BCUT2D eigenvalue weighted by Crippen LogP contribution is 2.40. The SMILES string of the molecule is CC1(C)COC[C@H]1n1c(Cc2cc(F)c(-c3cccc(OCc4ccc(-n5cncn5)cc4)n3)cc2F)nc2ccc(C(=O)O)cc21. The number of rotatable bonds is 9. The van der Waals surface area contributed by atoms with Gasteiger partial charge in [-0.15, -0.1) is 0 Å². The Morgan fingerprint density at radius 1 is 1.04 bits per heavy atom. The van der Waals surface area contributed by atoms with E-state index in [-0.39, 0.29) is 52.7 Å². The van der Waals surface area contributed by atoms with Crippen molar-refractivity contribution in [2.75, 3.05) is 13.2 Å². The van der Waals surface area contributed by atoms with E-state index in [0.29, 0.717) is 30.1 Å². The number of pyridine rings is 1. The Morgan fingerprint density at radius 2 is 1.87 bits per heavy atom. The molecule has 3 aromatic carbocycles. The van der Waals surface area contributed by atoms with Crippen molar-refractivity contribution in [2.45, 2.75) is 32.9 Å². The molecule has 0 amide bonds. The van der Waals surface area contributed by atoms with Crippen LogP contribution < -0.4 is 4.74 Å². The summed E-state index contributed by atoms with van der Waals surface area (Å²) in [6.07, 6.45) is 3.05. The molecule has 0 spiro atoms. The summed E-state index contributed by atoms with van der Waals surface area (Å²) in [4.78, 5) is 24.9. The maximum absolute atomic E-state index is 15.7. The Bertz CT molecular complexity index is 2090. The lowest BCUT2D eigenvalue weighted by molar-refractivity contribution is 0.0697. The molecule has 0 aliphatic carbocycles. The Balaban J connectivity index is 1.14. The smallest absolute Gasteiger partial charge is 0.335 e. The van der Waals surface area contributed by atoms with Crippen molar-refractivity contribution in [3.05, 3.63) is 120 Å². The van der Waals surface area contributed by atoms with Gasteiger partial charge in [0.25, 0.3) is 0 Å². The second kappa shape index (κ2) is 12.0. The molecule has 238 valence electrons. The van der Waals surface area contributed by atoms with E-state index in [1.807, 2.05) is 28.8 Å². The topological polar surface area (TPSA) is 117 Å². The number of carboxylic acid groups (broad SMARTS) is 1. The van der Waals surface area contributed by atoms with Crippen LogP contribution in [0, 0.1) is 17.0 Å². The van der Waals surface area contributed by atoms with Gasteiger partial charge >= 0.3 is 5.97 Å². The maximum atomic E-state index is 15.7. The molecule has 1 saturated heterocycles. The van der Waals surface area contributed by atoms with Gasteiger partial charge in [0.2, 0.25) is 5.88 Å². The zero-order valence-electron chi connectivity index (χ0n) is 25.6. The van der Waals surface area contributed by atoms with Gasteiger partial charge in [-0.25, -0.2) is 33.2 Å². The number of fused-ring (bicyclic) bond motifs is 1. The van der Waals surface area contributed by atoms with Gasteiger partial charge in [0.1, 0.15) is 36.7 Å². The summed E-state index contributed by atoms with van der Waals surface area (Å²) in [5.74, 6) is -1.57. The number of carbonyl (C=O) groups is 1. The molecule has 1 aliphatic rings. The third kappa shape index (κ3) is 5.95. The largest absolute Gasteiger partial charge is 0.478 e. The molecule has 6 aromatic rings. The minimum absolute atomic E-state index is 0.00110. The first-order valence-electron chi connectivity index (χ1n) is 15.0. The number of nitrogens with zero attached hydrogens (tertiary/aromatic N) is 6. The molecule has 1 fully saturated rings. The second-order valence-electron chi connectivity index (χ2n) is 12.2. The van der Waals surface area contributed by atoms with Crippen molar-refractivity contribution < 1.29 is 28.2 Å². The van der Waals surface area contributed by atoms with Gasteiger partial charge in [-0.05, 0) is 59.7 Å². The summed E-state index contributed by atoms with van der Waals surface area (Å²) in [7, 11) is 0. The number of carboxylic acids is 1. The number of aromatic nitrogens is 6. The van der Waals surface area contributed by atoms with Gasteiger partial charge in [0, 0.05) is 23.5 Å². The minimum atomic E-state index is -1.06. The molecular weight excluding hydrogens is 606 g/mol. The van der Waals surface area contributed by atoms with Crippen LogP contribution >= 0.6 is 0 Å². The molecule has 12 heteroatoms. The Kier molecular flexibility index (Phi) is 7.72. The van der Waals surface area contributed by atoms with Crippen molar-refractivity contribution >= 4 is 17.0 Å². The van der Waals surface area contributed by atoms with Crippen LogP contribution in [0.5, 0.6) is 5.88 Å². The Morgan fingerprint density at radius 3 is 2.60 bits per heavy atom. The summed E-state index contributed by atoms with van der Waals surface area (Å²) in [5.41, 5.74) is 3.07. The van der Waals surface area contributed by atoms with E-state index < -0.39 is 17.6 Å². The van der Waals surface area contributed by atoms with Crippen molar-refractivity contribution in [3.63, 3.8) is 0 Å². The zero-order chi connectivity index (χ0) is 32.7. The van der Waals surface area contributed by atoms with E-state index in [2.05, 4.69) is 28.9 Å². The number of imidazole rings is 1. The van der Waals surface area contributed by atoms with Crippen LogP contribution in [0.1, 0.15) is 47.2 Å². The van der Waals surface area contributed by atoms with E-state index in [9.17, 15) is 9.90 Å². The van der Waals surface area contributed by atoms with E-state index in [1.54, 1.807) is 41.3 Å². The first-order valence-corrected chi connectivity index (χ1v) is 15.0. The number of aromatic carboxylic acids is 1. The molecular formula is C35H30F2N6O4. The predicted molar refractivity (Wildman–Crippen MR) is 168 cm³/mol. The number of hydrogen-bond donors (Lipinski definition) is 1. The van der Waals surface area contributed by atoms with Crippen LogP contribution in [0.3, 0.4) is 0 Å². The molecule has 0 bridgehead atoms. The van der Waals surface area contributed by atoms with Crippen molar-refractivity contribution in [1.29, 1.82) is 0 Å². The van der Waals surface area contributed by atoms with Crippen molar-refractivity contribution in [1.82, 2.24) is 29.3 Å². The van der Waals surface area contributed by atoms with Crippen LogP contribution in [0.2, 0.25) is 0 Å². The standard InChI is InChI=1S/C35H30F2N6O4/c1-35(2)18-46-17-31(35)43-30-13-22(34(44)45)8-11-29(30)40-32(43)14-23-12-27(37)25(15-26(23)36)28-4-3-5-33(41-28)47-16-21-6-9-24(10-7-21)42-20-38-19-39-42/h3-13,15,19-20,31H,14,16-18H2,1-2H3,(H,44,45)/t31-/m1/s1. The summed E-state index contributed by atoms with van der Waals surface area (Å²) in [6, 6.07) is 19.3. The van der Waals surface area contributed by atoms with Gasteiger partial charge < -0.3 is 19.1 Å². The summed E-state index contributed by atoms with van der Waals surface area (Å²) in [5, 5.41) is 13.7. The van der Waals surface area contributed by atoms with E-state index in [4.69, 9.17) is 14.5 Å². The van der Waals surface area contributed by atoms with E-state index in [0.717, 1.165) is 17.3 Å². The third-order valence-corrected chi connectivity index (χ3v) is 8.46. The highest BCUT2D eigenvalue weighted by molar-refractivity contribution is 5.92. The van der Waals surface area contributed by atoms with E-state index in [1.165, 1.54) is 18.5 Å². The molecule has 4 heterocycles. The molecule has 0 saturated carbocycles. The first-order chi connectivity index (χ1) is 22.7. The summed E-state index contributed by atoms with van der Waals surface area (Å²) < 4.78 is 46.6. The van der Waals surface area contributed by atoms with Gasteiger partial charge in [0.15, 0.2) is 0 Å². The molecule has 1 N–H and O–H groups in total. The summed E-state index contributed by atoms with van der Waals surface area (Å²) >= 11 is 0. The minimum Gasteiger partial charge on any atom is -0.478 e. The fraction of sp³-hybridized carbons (Fsp3) is 0.229. The highest BCUT2D eigenvalue weighted by atomic mass is 19.1. The predicted octanol–water partition coefficient (Wildman–Crippen LogP) is 6.42. The van der Waals surface area contributed by atoms with Gasteiger partial charge in [-0.2, -0.15) is 5.10 Å². The number of halogens is 2. The highest BCUT2D eigenvalue weighted by Gasteiger charge is 2.39. The molecule has 7 rings (SSSR count). The Labute approximate surface area is 268 Å². The molecule has 1 atom stereocenters. The fourth-order valence-electron chi connectivity index (χ4n) is 5.91. The lowest BCUT2D eigenvalue weighted by Crippen LogP contribution is -2.27. The van der Waals surface area contributed by atoms with Crippen LogP contribution in [0.4, 0.5) is 8.78 Å². The van der Waals surface area contributed by atoms with Gasteiger partial charge in [-0.1, -0.05) is 32.0 Å². The number of ether oxygens (including phenoxy) is 2. The van der Waals surface area contributed by atoms with Crippen LogP contribution in [-0.2, 0) is 17.8 Å². The maximum Gasteiger partial charge on any atom is 0.335 e. The fourth-order valence-corrected chi connectivity index (χ4v) is 5.91. The average Bonchev–Trinajstić information content (AvgIpc) is 3.80. The first kappa shape index (κ1) is 30.2. The van der Waals surface area contributed by atoms with Crippen LogP contribution in [0.25, 0.3) is 28.0 Å². The molecule has 0 radical (unpaired) electrons. The van der Waals surface area contributed by atoms with Crippen molar-refractivity contribution in [3.8, 4) is 22.8 Å². The van der Waals surface area contributed by atoms with Crippen LogP contribution in [0.15, 0.2) is 85.5 Å². The number of benzene rings is 3. The third-order valence-electron chi connectivity index (χ3n) is 8.46. The molecule has 10 nitrogen and oxygen atoms in total. The number of hydrogen-bond acceptors (Lipinski definition) is 7. The van der Waals surface area contributed by atoms with Crippen molar-refractivity contribution in [2.24, 2.45) is 5.41 Å².